The molecular formula is C24H35N5O7S. The summed E-state index contributed by atoms with van der Waals surface area (Å²) >= 11 is 0. The summed E-state index contributed by atoms with van der Waals surface area (Å²) in [7, 11) is -4.17. The molecule has 1 aliphatic rings. The van der Waals surface area contributed by atoms with Crippen molar-refractivity contribution in [2.24, 2.45) is 0 Å². The summed E-state index contributed by atoms with van der Waals surface area (Å²) in [5, 5.41) is 18.7. The number of rotatable bonds is 10. The Kier molecular flexibility index (Phi) is 8.60. The topological polar surface area (TPSA) is 155 Å². The molecule has 0 unspecified atom stereocenters. The second-order valence-corrected chi connectivity index (χ2v) is 11.8. The molecule has 204 valence electrons. The number of non-ortho nitro benzene ring substituents is 1. The van der Waals surface area contributed by atoms with E-state index >= 15 is 0 Å². The maximum atomic E-state index is 13.2. The van der Waals surface area contributed by atoms with Crippen LogP contribution in [-0.4, -0.2) is 54.3 Å². The Morgan fingerprint density at radius 1 is 1.38 bits per heavy atom. The molecule has 1 aromatic carbocycles. The van der Waals surface area contributed by atoms with Crippen molar-refractivity contribution in [3.05, 3.63) is 39.6 Å². The van der Waals surface area contributed by atoms with Crippen LogP contribution in [0.15, 0.2) is 23.1 Å². The van der Waals surface area contributed by atoms with Crippen molar-refractivity contribution in [1.29, 1.82) is 0 Å². The molecule has 37 heavy (non-hydrogen) atoms. The van der Waals surface area contributed by atoms with E-state index in [2.05, 4.69) is 15.1 Å². The third kappa shape index (κ3) is 6.65. The van der Waals surface area contributed by atoms with Gasteiger partial charge in [-0.3, -0.25) is 14.9 Å². The molecule has 1 fully saturated rings. The monoisotopic (exact) mass is 537 g/mol. The number of carbonyl (C=O) groups is 1. The summed E-state index contributed by atoms with van der Waals surface area (Å²) in [4.78, 5) is 23.3. The Morgan fingerprint density at radius 2 is 2.08 bits per heavy atom. The van der Waals surface area contributed by atoms with Gasteiger partial charge in [0.25, 0.3) is 11.6 Å². The van der Waals surface area contributed by atoms with Crippen molar-refractivity contribution in [3.63, 3.8) is 0 Å². The number of nitrogens with zero attached hydrogens (tertiary/aromatic N) is 3. The third-order valence-electron chi connectivity index (χ3n) is 6.04. The van der Waals surface area contributed by atoms with Gasteiger partial charge >= 0.3 is 0 Å². The highest BCUT2D eigenvalue weighted by Crippen LogP contribution is 2.36. The maximum absolute atomic E-state index is 13.2. The smallest absolute Gasteiger partial charge is 0.272 e. The minimum Gasteiger partial charge on any atom is -0.438 e. The van der Waals surface area contributed by atoms with Crippen LogP contribution in [0.2, 0.25) is 0 Å². The van der Waals surface area contributed by atoms with E-state index in [9.17, 15) is 23.3 Å². The lowest BCUT2D eigenvalue weighted by Gasteiger charge is -2.23. The Hall–Kier alpha value is -3.03. The van der Waals surface area contributed by atoms with Crippen LogP contribution in [0.25, 0.3) is 0 Å². The SMILES string of the molecule is CC[C@@H](C)NS(=O)(=O)c1cc([N+](=O)[O-])ccc1Oc1c(C)c(C(=O)NC[C@H]2CCCO2)nn1C(C)(C)C. The number of aromatic nitrogens is 2. The van der Waals surface area contributed by atoms with Gasteiger partial charge in [-0.1, -0.05) is 6.92 Å². The van der Waals surface area contributed by atoms with Gasteiger partial charge in [-0.25, -0.2) is 17.8 Å². The summed E-state index contributed by atoms with van der Waals surface area (Å²) in [6.45, 7) is 11.8. The molecule has 1 aromatic heterocycles. The molecule has 2 N–H and O–H groups in total. The van der Waals surface area contributed by atoms with Crippen LogP contribution in [0.3, 0.4) is 0 Å². The fourth-order valence-electron chi connectivity index (χ4n) is 3.79. The molecule has 0 aliphatic carbocycles. The number of nitrogens with one attached hydrogen (secondary N) is 2. The van der Waals surface area contributed by atoms with Gasteiger partial charge < -0.3 is 14.8 Å². The Morgan fingerprint density at radius 3 is 2.65 bits per heavy atom. The molecule has 2 atom stereocenters. The first-order valence-corrected chi connectivity index (χ1v) is 13.7. The lowest BCUT2D eigenvalue weighted by Crippen LogP contribution is -2.32. The Labute approximate surface area is 216 Å². The summed E-state index contributed by atoms with van der Waals surface area (Å²) in [5.74, 6) is -0.374. The average molecular weight is 538 g/mol. The van der Waals surface area contributed by atoms with Gasteiger partial charge in [-0.05, 0) is 59.9 Å². The summed E-state index contributed by atoms with van der Waals surface area (Å²) in [6, 6.07) is 2.96. The molecule has 0 bridgehead atoms. The predicted octanol–water partition coefficient (Wildman–Crippen LogP) is 3.63. The largest absolute Gasteiger partial charge is 0.438 e. The van der Waals surface area contributed by atoms with Gasteiger partial charge in [0.05, 0.1) is 16.6 Å². The quantitative estimate of drug-likeness (QED) is 0.344. The van der Waals surface area contributed by atoms with Gasteiger partial charge in [-0.15, -0.1) is 0 Å². The van der Waals surface area contributed by atoms with Crippen molar-refractivity contribution in [3.8, 4) is 11.6 Å². The van der Waals surface area contributed by atoms with Crippen LogP contribution < -0.4 is 14.8 Å². The van der Waals surface area contributed by atoms with E-state index in [1.54, 1.807) is 13.8 Å². The second kappa shape index (κ2) is 11.2. The zero-order valence-corrected chi connectivity index (χ0v) is 22.8. The lowest BCUT2D eigenvalue weighted by atomic mass is 10.1. The second-order valence-electron chi connectivity index (χ2n) is 10.1. The van der Waals surface area contributed by atoms with Crippen molar-refractivity contribution >= 4 is 21.6 Å². The van der Waals surface area contributed by atoms with Crippen LogP contribution >= 0.6 is 0 Å². The molecule has 2 heterocycles. The number of nitro groups is 1. The number of hydrogen-bond acceptors (Lipinski definition) is 8. The van der Waals surface area contributed by atoms with Crippen molar-refractivity contribution in [2.45, 2.75) is 83.4 Å². The molecule has 0 saturated carbocycles. The minimum atomic E-state index is -4.17. The van der Waals surface area contributed by atoms with Crippen molar-refractivity contribution in [2.75, 3.05) is 13.2 Å². The predicted molar refractivity (Wildman–Crippen MR) is 137 cm³/mol. The van der Waals surface area contributed by atoms with E-state index in [0.717, 1.165) is 18.9 Å². The highest BCUT2D eigenvalue weighted by molar-refractivity contribution is 7.89. The highest BCUT2D eigenvalue weighted by Gasteiger charge is 2.31. The fraction of sp³-hybridized carbons (Fsp3) is 0.583. The van der Waals surface area contributed by atoms with E-state index in [0.29, 0.717) is 25.1 Å². The molecule has 0 spiro atoms. The van der Waals surface area contributed by atoms with Crippen LogP contribution in [0.5, 0.6) is 11.6 Å². The van der Waals surface area contributed by atoms with Crippen LogP contribution in [-0.2, 0) is 20.3 Å². The van der Waals surface area contributed by atoms with E-state index in [1.165, 1.54) is 16.8 Å². The fourth-order valence-corrected chi connectivity index (χ4v) is 5.26. The van der Waals surface area contributed by atoms with Crippen LogP contribution in [0.4, 0.5) is 5.69 Å². The van der Waals surface area contributed by atoms with E-state index < -0.39 is 38.1 Å². The average Bonchev–Trinajstić information content (AvgIpc) is 3.45. The lowest BCUT2D eigenvalue weighted by molar-refractivity contribution is -0.385. The van der Waals surface area contributed by atoms with Gasteiger partial charge in [-0.2, -0.15) is 5.10 Å². The number of amides is 1. The highest BCUT2D eigenvalue weighted by atomic mass is 32.2. The van der Waals surface area contributed by atoms with Gasteiger partial charge in [0.2, 0.25) is 15.9 Å². The van der Waals surface area contributed by atoms with E-state index in [4.69, 9.17) is 9.47 Å². The molecule has 12 nitrogen and oxygen atoms in total. The number of sulfonamides is 1. The molecule has 3 rings (SSSR count). The van der Waals surface area contributed by atoms with Crippen molar-refractivity contribution in [1.82, 2.24) is 19.8 Å². The zero-order valence-electron chi connectivity index (χ0n) is 22.0. The normalized spacial score (nSPS) is 17.0. The number of carbonyl (C=O) groups excluding carboxylic acids is 1. The van der Waals surface area contributed by atoms with Gasteiger partial charge in [0.1, 0.15) is 10.6 Å². The summed E-state index contributed by atoms with van der Waals surface area (Å²) in [6.07, 6.45) is 2.29. The number of benzene rings is 1. The number of ether oxygens (including phenoxy) is 2. The minimum absolute atomic E-state index is 0.0458. The molecule has 2 aromatic rings. The Bertz CT molecular complexity index is 1260. The molecular weight excluding hydrogens is 502 g/mol. The van der Waals surface area contributed by atoms with Crippen LogP contribution in [0.1, 0.15) is 69.9 Å². The van der Waals surface area contributed by atoms with Crippen molar-refractivity contribution < 1.29 is 27.6 Å². The molecule has 1 aliphatic heterocycles. The van der Waals surface area contributed by atoms with Crippen LogP contribution in [0, 0.1) is 17.0 Å². The molecule has 1 amide bonds. The van der Waals surface area contributed by atoms with Gasteiger partial charge in [0, 0.05) is 36.9 Å². The molecule has 1 saturated heterocycles. The maximum Gasteiger partial charge on any atom is 0.272 e. The summed E-state index contributed by atoms with van der Waals surface area (Å²) in [5.41, 5.74) is -0.502. The first-order valence-electron chi connectivity index (χ1n) is 12.2. The number of hydrogen-bond donors (Lipinski definition) is 2. The Balaban J connectivity index is 2.04. The van der Waals surface area contributed by atoms with Gasteiger partial charge in [0.15, 0.2) is 5.69 Å². The summed E-state index contributed by atoms with van der Waals surface area (Å²) < 4.78 is 42.0. The molecule has 13 heteroatoms. The molecule has 0 radical (unpaired) electrons. The third-order valence-corrected chi connectivity index (χ3v) is 7.65. The van der Waals surface area contributed by atoms with E-state index in [-0.39, 0.29) is 28.3 Å². The van der Waals surface area contributed by atoms with E-state index in [1.807, 2.05) is 27.7 Å². The first kappa shape index (κ1) is 28.5. The first-order chi connectivity index (χ1) is 17.2. The zero-order chi connectivity index (χ0) is 27.5. The standard InChI is InChI=1S/C24H35N5O7S/c1-7-15(2)27-37(33,34)20-13-17(29(31)32)10-11-19(20)36-23-16(3)21(26-28(23)24(4,5)6)22(30)25-14-18-9-8-12-35-18/h10-11,13,15,18,27H,7-9,12,14H2,1-6H3,(H,25,30)/t15-,18-/m1/s1. The number of nitro benzene ring substituents is 1.